The zero-order valence-corrected chi connectivity index (χ0v) is 16.0. The van der Waals surface area contributed by atoms with Gasteiger partial charge >= 0.3 is 0 Å². The van der Waals surface area contributed by atoms with Gasteiger partial charge in [0.2, 0.25) is 10.0 Å². The third-order valence-electron chi connectivity index (χ3n) is 4.46. The number of nitriles is 1. The van der Waals surface area contributed by atoms with Crippen molar-refractivity contribution in [3.05, 3.63) is 58.9 Å². The highest BCUT2D eigenvalue weighted by atomic mass is 35.5. The molecule has 2 aromatic rings. The van der Waals surface area contributed by atoms with Gasteiger partial charge in [-0.3, -0.25) is 0 Å². The van der Waals surface area contributed by atoms with Crippen LogP contribution < -0.4 is 4.74 Å². The Morgan fingerprint density at radius 1 is 1.32 bits per heavy atom. The molecule has 2 N–H and O–H groups in total. The van der Waals surface area contributed by atoms with Gasteiger partial charge in [0, 0.05) is 11.6 Å². The van der Waals surface area contributed by atoms with Crippen molar-refractivity contribution in [2.75, 3.05) is 19.7 Å². The maximum absolute atomic E-state index is 13.3. The van der Waals surface area contributed by atoms with Gasteiger partial charge in [-0.05, 0) is 42.5 Å². The van der Waals surface area contributed by atoms with Gasteiger partial charge in [-0.25, -0.2) is 12.8 Å². The van der Waals surface area contributed by atoms with Gasteiger partial charge in [-0.1, -0.05) is 11.6 Å². The zero-order valence-electron chi connectivity index (χ0n) is 14.4. The van der Waals surface area contributed by atoms with Gasteiger partial charge in [0.05, 0.1) is 18.7 Å². The molecule has 0 unspecified atom stereocenters. The Morgan fingerprint density at radius 3 is 2.61 bits per heavy atom. The number of halogens is 2. The van der Waals surface area contributed by atoms with Crippen LogP contribution in [-0.4, -0.2) is 54.3 Å². The average Bonchev–Trinajstić information content (AvgIpc) is 3.01. The molecule has 2 aromatic carbocycles. The quantitative estimate of drug-likeness (QED) is 0.750. The Hall–Kier alpha value is -2.22. The van der Waals surface area contributed by atoms with Crippen LogP contribution in [0.5, 0.6) is 5.75 Å². The Kier molecular flexibility index (Phi) is 5.61. The van der Waals surface area contributed by atoms with Crippen molar-refractivity contribution in [2.45, 2.75) is 16.6 Å². The predicted octanol–water partition coefficient (Wildman–Crippen LogP) is 1.53. The van der Waals surface area contributed by atoms with Crippen molar-refractivity contribution in [3.63, 3.8) is 0 Å². The molecule has 1 aliphatic rings. The molecule has 1 fully saturated rings. The molecule has 0 bridgehead atoms. The summed E-state index contributed by atoms with van der Waals surface area (Å²) in [6, 6.07) is 10.6. The normalized spacial score (nSPS) is 22.8. The smallest absolute Gasteiger partial charge is 0.244 e. The third kappa shape index (κ3) is 3.83. The fraction of sp³-hybridized carbons (Fsp3) is 0.278. The molecule has 1 heterocycles. The third-order valence-corrected chi connectivity index (χ3v) is 6.59. The topological polar surface area (TPSA) is 111 Å². The summed E-state index contributed by atoms with van der Waals surface area (Å²) in [6.45, 7) is -1.47. The number of hydrogen-bond donors (Lipinski definition) is 2. The van der Waals surface area contributed by atoms with E-state index in [-0.39, 0.29) is 17.0 Å². The Bertz CT molecular complexity index is 1030. The van der Waals surface area contributed by atoms with Crippen molar-refractivity contribution < 1.29 is 27.8 Å². The van der Waals surface area contributed by atoms with E-state index in [0.29, 0.717) is 10.8 Å². The molecule has 148 valence electrons. The minimum atomic E-state index is -4.24. The summed E-state index contributed by atoms with van der Waals surface area (Å²) in [4.78, 5) is -0.385. The van der Waals surface area contributed by atoms with Gasteiger partial charge in [0.15, 0.2) is 0 Å². The molecule has 3 rings (SSSR count). The summed E-state index contributed by atoms with van der Waals surface area (Å²) < 4.78 is 45.8. The number of sulfonamides is 1. The monoisotopic (exact) mass is 426 g/mol. The van der Waals surface area contributed by atoms with E-state index in [9.17, 15) is 23.0 Å². The SMILES string of the molecule is N#Cc1cc(F)ccc1S(=O)(=O)N1C[C@H](Oc2ccc(Cl)cc2)[C@@](O)(CO)C1. The van der Waals surface area contributed by atoms with Crippen LogP contribution in [0, 0.1) is 17.1 Å². The lowest BCUT2D eigenvalue weighted by atomic mass is 10.0. The molecule has 10 heteroatoms. The van der Waals surface area contributed by atoms with E-state index in [4.69, 9.17) is 21.6 Å². The molecular weight excluding hydrogens is 411 g/mol. The molecule has 0 radical (unpaired) electrons. The molecule has 1 aliphatic heterocycles. The van der Waals surface area contributed by atoms with E-state index in [1.165, 1.54) is 0 Å². The second-order valence-electron chi connectivity index (χ2n) is 6.37. The number of rotatable bonds is 5. The number of ether oxygens (including phenoxy) is 1. The maximum Gasteiger partial charge on any atom is 0.244 e. The number of β-amino-alcohol motifs (C(OH)–C–C–N with tert-alkyl or cyclic N) is 1. The summed E-state index contributed by atoms with van der Waals surface area (Å²) in [5.74, 6) is -0.409. The van der Waals surface area contributed by atoms with E-state index in [1.807, 2.05) is 0 Å². The Balaban J connectivity index is 1.91. The summed E-state index contributed by atoms with van der Waals surface area (Å²) in [6.07, 6.45) is -1.07. The number of aliphatic hydroxyl groups is 2. The van der Waals surface area contributed by atoms with Crippen LogP contribution in [0.3, 0.4) is 0 Å². The van der Waals surface area contributed by atoms with E-state index in [2.05, 4.69) is 0 Å². The van der Waals surface area contributed by atoms with Gasteiger partial charge in [-0.2, -0.15) is 9.57 Å². The van der Waals surface area contributed by atoms with Gasteiger partial charge in [-0.15, -0.1) is 0 Å². The summed E-state index contributed by atoms with van der Waals surface area (Å²) in [5, 5.41) is 29.9. The molecule has 0 aromatic heterocycles. The van der Waals surface area contributed by atoms with Crippen molar-refractivity contribution in [2.24, 2.45) is 0 Å². The van der Waals surface area contributed by atoms with Crippen LogP contribution in [0.2, 0.25) is 5.02 Å². The average molecular weight is 427 g/mol. The summed E-state index contributed by atoms with van der Waals surface area (Å²) in [7, 11) is -4.24. The highest BCUT2D eigenvalue weighted by molar-refractivity contribution is 7.89. The highest BCUT2D eigenvalue weighted by Gasteiger charge is 2.51. The summed E-state index contributed by atoms with van der Waals surface area (Å²) in [5.41, 5.74) is -2.21. The molecular formula is C18H16ClFN2O5S. The first-order valence-electron chi connectivity index (χ1n) is 8.15. The predicted molar refractivity (Wildman–Crippen MR) is 97.8 cm³/mol. The van der Waals surface area contributed by atoms with Crippen molar-refractivity contribution in [1.29, 1.82) is 5.26 Å². The number of nitrogens with zero attached hydrogens (tertiary/aromatic N) is 2. The molecule has 0 amide bonds. The number of hydrogen-bond acceptors (Lipinski definition) is 6. The van der Waals surface area contributed by atoms with Crippen LogP contribution in [0.25, 0.3) is 0 Å². The molecule has 0 aliphatic carbocycles. The van der Waals surface area contributed by atoms with E-state index in [0.717, 1.165) is 22.5 Å². The van der Waals surface area contributed by atoms with Crippen LogP contribution in [0.1, 0.15) is 5.56 Å². The largest absolute Gasteiger partial charge is 0.486 e. The van der Waals surface area contributed by atoms with Crippen molar-refractivity contribution >= 4 is 21.6 Å². The van der Waals surface area contributed by atoms with E-state index >= 15 is 0 Å². The first-order valence-corrected chi connectivity index (χ1v) is 9.97. The second kappa shape index (κ2) is 7.66. The standard InChI is InChI=1S/C18H16ClFN2O5S/c19-13-1-4-15(5-2-13)27-17-9-22(10-18(17,24)11-23)28(25,26)16-6-3-14(20)7-12(16)8-21/h1-7,17,23-24H,9-11H2/t17-,18-/m0/s1. The molecule has 1 saturated heterocycles. The minimum Gasteiger partial charge on any atom is -0.486 e. The van der Waals surface area contributed by atoms with E-state index < -0.39 is 40.7 Å². The fourth-order valence-corrected chi connectivity index (χ4v) is 4.69. The number of benzene rings is 2. The second-order valence-corrected chi connectivity index (χ2v) is 8.71. The highest BCUT2D eigenvalue weighted by Crippen LogP contribution is 2.32. The maximum atomic E-state index is 13.3. The first kappa shape index (κ1) is 20.5. The van der Waals surface area contributed by atoms with Crippen LogP contribution >= 0.6 is 11.6 Å². The molecule has 28 heavy (non-hydrogen) atoms. The molecule has 0 spiro atoms. The van der Waals surface area contributed by atoms with Gasteiger partial charge < -0.3 is 14.9 Å². The van der Waals surface area contributed by atoms with Crippen LogP contribution in [0.4, 0.5) is 4.39 Å². The number of aliphatic hydroxyl groups excluding tert-OH is 1. The fourth-order valence-electron chi connectivity index (χ4n) is 2.94. The zero-order chi connectivity index (χ0) is 20.5. The Labute approximate surface area is 166 Å². The molecule has 2 atom stereocenters. The Morgan fingerprint density at radius 2 is 2.00 bits per heavy atom. The lowest BCUT2D eigenvalue weighted by Gasteiger charge is -2.27. The van der Waals surface area contributed by atoms with Crippen LogP contribution in [-0.2, 0) is 10.0 Å². The van der Waals surface area contributed by atoms with Crippen molar-refractivity contribution in [1.82, 2.24) is 4.31 Å². The molecule has 0 saturated carbocycles. The molecule has 7 nitrogen and oxygen atoms in total. The van der Waals surface area contributed by atoms with Crippen LogP contribution in [0.15, 0.2) is 47.4 Å². The lowest BCUT2D eigenvalue weighted by Crippen LogP contribution is -2.48. The summed E-state index contributed by atoms with van der Waals surface area (Å²) >= 11 is 5.82. The van der Waals surface area contributed by atoms with Crippen molar-refractivity contribution in [3.8, 4) is 11.8 Å². The minimum absolute atomic E-state index is 0.274. The lowest BCUT2D eigenvalue weighted by molar-refractivity contribution is -0.0640. The van der Waals surface area contributed by atoms with E-state index in [1.54, 1.807) is 30.3 Å². The first-order chi connectivity index (χ1) is 13.2. The van der Waals surface area contributed by atoms with Gasteiger partial charge in [0.1, 0.15) is 34.2 Å². The van der Waals surface area contributed by atoms with Gasteiger partial charge in [0.25, 0.3) is 0 Å².